The van der Waals surface area contributed by atoms with Gasteiger partial charge in [-0.25, -0.2) is 4.98 Å². The summed E-state index contributed by atoms with van der Waals surface area (Å²) in [6, 6.07) is 0. The van der Waals surface area contributed by atoms with Crippen molar-refractivity contribution in [1.82, 2.24) is 4.98 Å². The SMILES string of the molecule is CC(C)(C)C1CCc2c(sc3ncc(C=O)c(Cl)c23)C1. The molecule has 0 bridgehead atoms. The summed E-state index contributed by atoms with van der Waals surface area (Å²) >= 11 is 8.12. The number of halogens is 1. The monoisotopic (exact) mass is 307 g/mol. The van der Waals surface area contributed by atoms with Gasteiger partial charge in [-0.2, -0.15) is 0 Å². The molecule has 0 N–H and O–H groups in total. The van der Waals surface area contributed by atoms with Gasteiger partial charge in [0.05, 0.1) is 10.6 Å². The molecule has 2 heterocycles. The molecule has 1 unspecified atom stereocenters. The summed E-state index contributed by atoms with van der Waals surface area (Å²) in [5.74, 6) is 0.701. The van der Waals surface area contributed by atoms with Crippen LogP contribution in [0.4, 0.5) is 0 Å². The lowest BCUT2D eigenvalue weighted by Crippen LogP contribution is -2.26. The highest BCUT2D eigenvalue weighted by molar-refractivity contribution is 7.19. The minimum Gasteiger partial charge on any atom is -0.298 e. The maximum atomic E-state index is 11.0. The molecule has 1 aliphatic carbocycles. The van der Waals surface area contributed by atoms with E-state index in [0.29, 0.717) is 21.9 Å². The Labute approximate surface area is 128 Å². The first kappa shape index (κ1) is 14.0. The van der Waals surface area contributed by atoms with E-state index in [1.165, 1.54) is 16.9 Å². The minimum absolute atomic E-state index is 0.332. The van der Waals surface area contributed by atoms with E-state index in [1.54, 1.807) is 17.5 Å². The van der Waals surface area contributed by atoms with Crippen molar-refractivity contribution >= 4 is 39.4 Å². The zero-order valence-electron chi connectivity index (χ0n) is 12.0. The van der Waals surface area contributed by atoms with Crippen LogP contribution < -0.4 is 0 Å². The topological polar surface area (TPSA) is 30.0 Å². The first-order valence-electron chi connectivity index (χ1n) is 6.95. The number of rotatable bonds is 1. The van der Waals surface area contributed by atoms with Crippen LogP contribution in [0.3, 0.4) is 0 Å². The Morgan fingerprint density at radius 3 is 2.85 bits per heavy atom. The Morgan fingerprint density at radius 2 is 2.20 bits per heavy atom. The second kappa shape index (κ2) is 4.81. The number of aldehydes is 1. The molecule has 0 spiro atoms. The summed E-state index contributed by atoms with van der Waals surface area (Å²) in [5, 5.41) is 1.60. The van der Waals surface area contributed by atoms with Crippen molar-refractivity contribution in [1.29, 1.82) is 0 Å². The molecule has 2 aromatic heterocycles. The fourth-order valence-corrected chi connectivity index (χ4v) is 4.67. The van der Waals surface area contributed by atoms with Gasteiger partial charge < -0.3 is 0 Å². The van der Waals surface area contributed by atoms with Crippen molar-refractivity contribution < 1.29 is 4.79 Å². The van der Waals surface area contributed by atoms with Crippen LogP contribution >= 0.6 is 22.9 Å². The van der Waals surface area contributed by atoms with Crippen LogP contribution in [-0.4, -0.2) is 11.3 Å². The fraction of sp³-hybridized carbons (Fsp3) is 0.500. The van der Waals surface area contributed by atoms with Crippen LogP contribution in [0.5, 0.6) is 0 Å². The van der Waals surface area contributed by atoms with Crippen molar-refractivity contribution in [2.75, 3.05) is 0 Å². The van der Waals surface area contributed by atoms with Gasteiger partial charge in [-0.15, -0.1) is 11.3 Å². The van der Waals surface area contributed by atoms with Crippen molar-refractivity contribution in [2.45, 2.75) is 40.0 Å². The number of hydrogen-bond acceptors (Lipinski definition) is 3. The van der Waals surface area contributed by atoms with Crippen molar-refractivity contribution in [3.8, 4) is 0 Å². The van der Waals surface area contributed by atoms with Crippen LogP contribution in [0.25, 0.3) is 10.2 Å². The number of aryl methyl sites for hydroxylation is 1. The van der Waals surface area contributed by atoms with Gasteiger partial charge in [0.15, 0.2) is 6.29 Å². The van der Waals surface area contributed by atoms with Gasteiger partial charge in [0.2, 0.25) is 0 Å². The lowest BCUT2D eigenvalue weighted by Gasteiger charge is -2.33. The third-order valence-electron chi connectivity index (χ3n) is 4.39. The molecule has 1 atom stereocenters. The van der Waals surface area contributed by atoms with Crippen molar-refractivity contribution in [3.05, 3.63) is 27.2 Å². The maximum absolute atomic E-state index is 11.0. The summed E-state index contributed by atoms with van der Waals surface area (Å²) in [6.45, 7) is 6.93. The Bertz CT molecular complexity index is 684. The molecule has 3 rings (SSSR count). The first-order chi connectivity index (χ1) is 9.41. The molecule has 2 nitrogen and oxygen atoms in total. The lowest BCUT2D eigenvalue weighted by atomic mass is 9.72. The summed E-state index contributed by atoms with van der Waals surface area (Å²) in [7, 11) is 0. The number of fused-ring (bicyclic) bond motifs is 3. The maximum Gasteiger partial charge on any atom is 0.153 e. The van der Waals surface area contributed by atoms with Gasteiger partial charge in [-0.1, -0.05) is 32.4 Å². The Balaban J connectivity index is 2.12. The smallest absolute Gasteiger partial charge is 0.153 e. The number of thiophene rings is 1. The number of carbonyl (C=O) groups is 1. The Kier molecular flexibility index (Phi) is 3.38. The number of pyridine rings is 1. The summed E-state index contributed by atoms with van der Waals surface area (Å²) in [5.41, 5.74) is 2.16. The van der Waals surface area contributed by atoms with Gasteiger partial charge in [0.25, 0.3) is 0 Å². The molecule has 1 aliphatic rings. The fourth-order valence-electron chi connectivity index (χ4n) is 3.04. The van der Waals surface area contributed by atoms with Crippen LogP contribution in [0.1, 0.15) is 48.0 Å². The van der Waals surface area contributed by atoms with E-state index < -0.39 is 0 Å². The molecule has 0 saturated heterocycles. The highest BCUT2D eigenvalue weighted by Gasteiger charge is 2.31. The van der Waals surface area contributed by atoms with E-state index in [-0.39, 0.29) is 0 Å². The predicted molar refractivity (Wildman–Crippen MR) is 85.0 cm³/mol. The Morgan fingerprint density at radius 1 is 1.45 bits per heavy atom. The number of nitrogens with zero attached hydrogens (tertiary/aromatic N) is 1. The average Bonchev–Trinajstić information content (AvgIpc) is 2.76. The van der Waals surface area contributed by atoms with Gasteiger partial charge in [-0.05, 0) is 36.2 Å². The molecule has 0 radical (unpaired) electrons. The largest absolute Gasteiger partial charge is 0.298 e. The molecule has 0 fully saturated rings. The molecule has 0 aromatic carbocycles. The third kappa shape index (κ3) is 2.17. The second-order valence-corrected chi connectivity index (χ2v) is 8.10. The average molecular weight is 308 g/mol. The van der Waals surface area contributed by atoms with E-state index in [2.05, 4.69) is 25.8 Å². The second-order valence-electron chi connectivity index (χ2n) is 6.64. The molecule has 2 aromatic rings. The standard InChI is InChI=1S/C16H18ClNOS/c1-16(2,3)10-4-5-11-12(6-10)20-15-13(11)14(17)9(8-19)7-18-15/h7-8,10H,4-6H2,1-3H3. The zero-order chi connectivity index (χ0) is 14.5. The lowest BCUT2D eigenvalue weighted by molar-refractivity contribution is 0.112. The van der Waals surface area contributed by atoms with Gasteiger partial charge in [-0.3, -0.25) is 4.79 Å². The van der Waals surface area contributed by atoms with E-state index >= 15 is 0 Å². The molecule has 4 heteroatoms. The van der Waals surface area contributed by atoms with Crippen LogP contribution in [0, 0.1) is 11.3 Å². The third-order valence-corrected chi connectivity index (χ3v) is 5.96. The van der Waals surface area contributed by atoms with Crippen LogP contribution in [0.15, 0.2) is 6.20 Å². The summed E-state index contributed by atoms with van der Waals surface area (Å²) < 4.78 is 0. The summed E-state index contributed by atoms with van der Waals surface area (Å²) in [6.07, 6.45) is 5.71. The number of hydrogen-bond donors (Lipinski definition) is 0. The van der Waals surface area contributed by atoms with Crippen LogP contribution in [-0.2, 0) is 12.8 Å². The molecule has 20 heavy (non-hydrogen) atoms. The van der Waals surface area contributed by atoms with E-state index in [0.717, 1.165) is 29.3 Å². The molecule has 0 aliphatic heterocycles. The quantitative estimate of drug-likeness (QED) is 0.700. The molecule has 0 amide bonds. The van der Waals surface area contributed by atoms with Gasteiger partial charge in [0, 0.05) is 16.5 Å². The van der Waals surface area contributed by atoms with Crippen LogP contribution in [0.2, 0.25) is 5.02 Å². The minimum atomic E-state index is 0.332. The van der Waals surface area contributed by atoms with E-state index in [9.17, 15) is 4.79 Å². The molecule has 106 valence electrons. The van der Waals surface area contributed by atoms with Crippen molar-refractivity contribution in [2.24, 2.45) is 11.3 Å². The zero-order valence-corrected chi connectivity index (χ0v) is 13.6. The van der Waals surface area contributed by atoms with E-state index in [4.69, 9.17) is 11.6 Å². The van der Waals surface area contributed by atoms with Gasteiger partial charge in [0.1, 0.15) is 4.83 Å². The highest BCUT2D eigenvalue weighted by atomic mass is 35.5. The predicted octanol–water partition coefficient (Wildman–Crippen LogP) is 4.91. The normalized spacial score (nSPS) is 19.1. The Hall–Kier alpha value is -0.930. The van der Waals surface area contributed by atoms with E-state index in [1.807, 2.05) is 0 Å². The first-order valence-corrected chi connectivity index (χ1v) is 8.15. The van der Waals surface area contributed by atoms with Gasteiger partial charge >= 0.3 is 0 Å². The summed E-state index contributed by atoms with van der Waals surface area (Å²) in [4.78, 5) is 17.8. The molecular weight excluding hydrogens is 290 g/mol. The van der Waals surface area contributed by atoms with Crippen molar-refractivity contribution in [3.63, 3.8) is 0 Å². The number of carbonyl (C=O) groups excluding carboxylic acids is 1. The molecule has 0 saturated carbocycles. The number of aromatic nitrogens is 1. The highest BCUT2D eigenvalue weighted by Crippen LogP contribution is 2.44. The molecular formula is C16H18ClNOS.